The van der Waals surface area contributed by atoms with Gasteiger partial charge in [0.1, 0.15) is 11.4 Å². The molecule has 0 N–H and O–H groups in total. The first-order valence-electron chi connectivity index (χ1n) is 11.3. The summed E-state index contributed by atoms with van der Waals surface area (Å²) >= 11 is 6.39. The molecule has 0 saturated heterocycles. The van der Waals surface area contributed by atoms with Crippen LogP contribution in [0.15, 0.2) is 91.5 Å². The Bertz CT molecular complexity index is 1450. The molecule has 7 nitrogen and oxygen atoms in total. The van der Waals surface area contributed by atoms with Crippen molar-refractivity contribution in [2.24, 2.45) is 7.05 Å². The van der Waals surface area contributed by atoms with Crippen LogP contribution in [0.5, 0.6) is 0 Å². The number of carbonyl (C=O) groups excluding carboxylic acids is 1. The van der Waals surface area contributed by atoms with Gasteiger partial charge in [0, 0.05) is 55.4 Å². The standard InChI is InChI=1S/C27H25ClN6O/c1-31(27(35)23-16-29-32(2)26(23)33-14-8-9-15-33)17-22-19-34(18-21-12-6-7-13-24(21)28)30-25(22)20-10-4-3-5-11-20/h3-16,19H,17-18H2,1-2H3. The summed E-state index contributed by atoms with van der Waals surface area (Å²) in [4.78, 5) is 15.2. The molecule has 0 radical (unpaired) electrons. The molecular weight excluding hydrogens is 460 g/mol. The Kier molecular flexibility index (Phi) is 6.25. The molecule has 0 aliphatic carbocycles. The molecule has 0 spiro atoms. The Labute approximate surface area is 208 Å². The topological polar surface area (TPSA) is 60.9 Å². The zero-order chi connectivity index (χ0) is 24.4. The van der Waals surface area contributed by atoms with E-state index in [0.29, 0.717) is 23.7 Å². The molecule has 5 aromatic rings. The molecule has 0 fully saturated rings. The second kappa shape index (κ2) is 9.64. The van der Waals surface area contributed by atoms with Gasteiger partial charge in [-0.3, -0.25) is 14.2 Å². The van der Waals surface area contributed by atoms with Crippen molar-refractivity contribution in [3.63, 3.8) is 0 Å². The first-order chi connectivity index (χ1) is 17.0. The summed E-state index contributed by atoms with van der Waals surface area (Å²) in [5.74, 6) is 0.615. The molecule has 0 saturated carbocycles. The third-order valence-electron chi connectivity index (χ3n) is 5.92. The Morgan fingerprint density at radius 3 is 2.43 bits per heavy atom. The average molecular weight is 485 g/mol. The van der Waals surface area contributed by atoms with Gasteiger partial charge >= 0.3 is 0 Å². The molecule has 3 aromatic heterocycles. The number of halogens is 1. The Morgan fingerprint density at radius 2 is 1.69 bits per heavy atom. The van der Waals surface area contributed by atoms with Crippen molar-refractivity contribution >= 4 is 17.5 Å². The van der Waals surface area contributed by atoms with Gasteiger partial charge in [-0.05, 0) is 23.8 Å². The lowest BCUT2D eigenvalue weighted by atomic mass is 10.1. The van der Waals surface area contributed by atoms with Crippen LogP contribution >= 0.6 is 11.6 Å². The Balaban J connectivity index is 1.46. The summed E-state index contributed by atoms with van der Waals surface area (Å²) in [6, 6.07) is 21.6. The third-order valence-corrected chi connectivity index (χ3v) is 6.28. The van der Waals surface area contributed by atoms with Crippen LogP contribution < -0.4 is 0 Å². The van der Waals surface area contributed by atoms with Gasteiger partial charge in [-0.1, -0.05) is 60.1 Å². The predicted molar refractivity (Wildman–Crippen MR) is 137 cm³/mol. The molecule has 0 aliphatic heterocycles. The molecule has 2 aromatic carbocycles. The first-order valence-corrected chi connectivity index (χ1v) is 11.6. The van der Waals surface area contributed by atoms with Gasteiger partial charge in [0.05, 0.1) is 18.4 Å². The van der Waals surface area contributed by atoms with Crippen molar-refractivity contribution in [3.05, 3.63) is 113 Å². The van der Waals surface area contributed by atoms with E-state index in [0.717, 1.165) is 28.2 Å². The van der Waals surface area contributed by atoms with Crippen LogP contribution in [0.1, 0.15) is 21.5 Å². The number of aryl methyl sites for hydroxylation is 1. The van der Waals surface area contributed by atoms with Gasteiger partial charge in [-0.2, -0.15) is 10.2 Å². The van der Waals surface area contributed by atoms with Crippen LogP contribution in [0.4, 0.5) is 0 Å². The summed E-state index contributed by atoms with van der Waals surface area (Å²) in [6.07, 6.45) is 7.42. The number of aromatic nitrogens is 5. The number of amides is 1. The SMILES string of the molecule is CN(Cc1cn(Cc2ccccc2Cl)nc1-c1ccccc1)C(=O)c1cnn(C)c1-n1cccc1. The zero-order valence-electron chi connectivity index (χ0n) is 19.5. The van der Waals surface area contributed by atoms with Gasteiger partial charge in [0.25, 0.3) is 5.91 Å². The fraction of sp³-hybridized carbons (Fsp3) is 0.148. The average Bonchev–Trinajstić information content (AvgIpc) is 3.61. The van der Waals surface area contributed by atoms with E-state index in [1.165, 1.54) is 0 Å². The smallest absolute Gasteiger partial charge is 0.259 e. The maximum absolute atomic E-state index is 13.5. The van der Waals surface area contributed by atoms with Gasteiger partial charge in [-0.15, -0.1) is 0 Å². The largest absolute Gasteiger partial charge is 0.337 e. The van der Waals surface area contributed by atoms with Crippen LogP contribution in [0.2, 0.25) is 5.02 Å². The molecule has 176 valence electrons. The lowest BCUT2D eigenvalue weighted by Gasteiger charge is -2.18. The van der Waals surface area contributed by atoms with Crippen molar-refractivity contribution in [1.82, 2.24) is 29.0 Å². The first kappa shape index (κ1) is 22.7. The van der Waals surface area contributed by atoms with Gasteiger partial charge in [0.2, 0.25) is 0 Å². The summed E-state index contributed by atoms with van der Waals surface area (Å²) in [7, 11) is 3.63. The van der Waals surface area contributed by atoms with E-state index in [-0.39, 0.29) is 5.91 Å². The summed E-state index contributed by atoms with van der Waals surface area (Å²) in [5.41, 5.74) is 4.31. The molecule has 0 bridgehead atoms. The number of rotatable bonds is 7. The number of hydrogen-bond donors (Lipinski definition) is 0. The second-order valence-electron chi connectivity index (χ2n) is 8.41. The van der Waals surface area contributed by atoms with Gasteiger partial charge in [0.15, 0.2) is 0 Å². The van der Waals surface area contributed by atoms with E-state index in [2.05, 4.69) is 5.10 Å². The van der Waals surface area contributed by atoms with Crippen LogP contribution in [0, 0.1) is 0 Å². The molecule has 1 amide bonds. The Morgan fingerprint density at radius 1 is 0.971 bits per heavy atom. The molecule has 0 atom stereocenters. The highest BCUT2D eigenvalue weighted by molar-refractivity contribution is 6.31. The lowest BCUT2D eigenvalue weighted by Crippen LogP contribution is -2.27. The molecule has 0 aliphatic rings. The highest BCUT2D eigenvalue weighted by Gasteiger charge is 2.23. The number of nitrogens with zero attached hydrogens (tertiary/aromatic N) is 6. The molecular formula is C27H25ClN6O. The van der Waals surface area contributed by atoms with E-state index < -0.39 is 0 Å². The summed E-state index contributed by atoms with van der Waals surface area (Å²) < 4.78 is 5.48. The maximum Gasteiger partial charge on any atom is 0.259 e. The minimum Gasteiger partial charge on any atom is -0.337 e. The normalized spacial score (nSPS) is 11.1. The van der Waals surface area contributed by atoms with Crippen molar-refractivity contribution in [3.8, 4) is 17.1 Å². The van der Waals surface area contributed by atoms with Crippen molar-refractivity contribution in [1.29, 1.82) is 0 Å². The number of benzene rings is 2. The number of carbonyl (C=O) groups is 1. The van der Waals surface area contributed by atoms with E-state index in [9.17, 15) is 4.79 Å². The minimum absolute atomic E-state index is 0.111. The molecule has 5 rings (SSSR count). The van der Waals surface area contributed by atoms with E-state index in [4.69, 9.17) is 16.7 Å². The van der Waals surface area contributed by atoms with Gasteiger partial charge in [-0.25, -0.2) is 0 Å². The van der Waals surface area contributed by atoms with Crippen LogP contribution in [-0.2, 0) is 20.1 Å². The van der Waals surface area contributed by atoms with Crippen molar-refractivity contribution in [2.75, 3.05) is 7.05 Å². The maximum atomic E-state index is 13.5. The quantitative estimate of drug-likeness (QED) is 0.325. The Hall–Kier alpha value is -4.10. The summed E-state index contributed by atoms with van der Waals surface area (Å²) in [5, 5.41) is 9.89. The fourth-order valence-electron chi connectivity index (χ4n) is 4.20. The summed E-state index contributed by atoms with van der Waals surface area (Å²) in [6.45, 7) is 0.934. The molecule has 8 heteroatoms. The number of hydrogen-bond acceptors (Lipinski definition) is 3. The van der Waals surface area contributed by atoms with E-state index in [1.807, 2.05) is 102 Å². The van der Waals surface area contributed by atoms with Crippen molar-refractivity contribution < 1.29 is 4.79 Å². The van der Waals surface area contributed by atoms with Crippen LogP contribution in [0.25, 0.3) is 17.1 Å². The highest BCUT2D eigenvalue weighted by Crippen LogP contribution is 2.25. The third kappa shape index (κ3) is 4.63. The van der Waals surface area contributed by atoms with Crippen LogP contribution in [0.3, 0.4) is 0 Å². The zero-order valence-corrected chi connectivity index (χ0v) is 20.3. The lowest BCUT2D eigenvalue weighted by molar-refractivity contribution is 0.0785. The predicted octanol–water partition coefficient (Wildman–Crippen LogP) is 5.05. The van der Waals surface area contributed by atoms with E-state index >= 15 is 0 Å². The fourth-order valence-corrected chi connectivity index (χ4v) is 4.39. The second-order valence-corrected chi connectivity index (χ2v) is 8.82. The van der Waals surface area contributed by atoms with Crippen molar-refractivity contribution in [2.45, 2.75) is 13.1 Å². The monoisotopic (exact) mass is 484 g/mol. The van der Waals surface area contributed by atoms with Gasteiger partial charge < -0.3 is 9.47 Å². The van der Waals surface area contributed by atoms with E-state index in [1.54, 1.807) is 22.8 Å². The molecule has 0 unspecified atom stereocenters. The molecule has 35 heavy (non-hydrogen) atoms. The van der Waals surface area contributed by atoms with Crippen LogP contribution in [-0.4, -0.2) is 42.0 Å². The molecule has 3 heterocycles. The highest BCUT2D eigenvalue weighted by atomic mass is 35.5. The minimum atomic E-state index is -0.111.